The number of non-ortho nitro benzene ring substituents is 1. The summed E-state index contributed by atoms with van der Waals surface area (Å²) in [6, 6.07) is 2.95. The summed E-state index contributed by atoms with van der Waals surface area (Å²) in [5.41, 5.74) is -1.84. The van der Waals surface area contributed by atoms with Crippen molar-refractivity contribution < 1.29 is 24.2 Å². The predicted octanol–water partition coefficient (Wildman–Crippen LogP) is 4.47. The Bertz CT molecular complexity index is 698. The first-order valence-electron chi connectivity index (χ1n) is 8.52. The van der Waals surface area contributed by atoms with Gasteiger partial charge in [0.05, 0.1) is 22.5 Å². The first-order chi connectivity index (χ1) is 12.4. The summed E-state index contributed by atoms with van der Waals surface area (Å²) in [6.07, 6.45) is 0.613. The maximum atomic E-state index is 12.4. The second kappa shape index (κ2) is 9.15. The number of benzene rings is 1. The quantitative estimate of drug-likeness (QED) is 0.479. The van der Waals surface area contributed by atoms with Crippen LogP contribution in [0.15, 0.2) is 18.2 Å². The van der Waals surface area contributed by atoms with Gasteiger partial charge in [0.15, 0.2) is 0 Å². The van der Waals surface area contributed by atoms with Gasteiger partial charge in [-0.25, -0.2) is 4.79 Å². The summed E-state index contributed by atoms with van der Waals surface area (Å²) in [6.45, 7) is 9.27. The minimum Gasteiger partial charge on any atom is -0.442 e. The molecule has 0 saturated carbocycles. The molecule has 1 aromatic rings. The molecule has 150 valence electrons. The number of hydrogen-bond donors (Lipinski definition) is 0. The Hall–Kier alpha value is -2.91. The number of rotatable bonds is 8. The zero-order valence-corrected chi connectivity index (χ0v) is 16.1. The summed E-state index contributed by atoms with van der Waals surface area (Å²) >= 11 is 0. The number of nitro benzene ring substituents is 2. The van der Waals surface area contributed by atoms with Gasteiger partial charge < -0.3 is 9.57 Å². The second-order valence-corrected chi connectivity index (χ2v) is 7.38. The molecule has 0 saturated heterocycles. The van der Waals surface area contributed by atoms with E-state index in [1.165, 1.54) is 0 Å². The van der Waals surface area contributed by atoms with Crippen molar-refractivity contribution in [1.82, 2.24) is 5.06 Å². The van der Waals surface area contributed by atoms with E-state index in [-0.39, 0.29) is 12.3 Å². The van der Waals surface area contributed by atoms with E-state index in [1.807, 2.05) is 13.8 Å². The molecular weight excluding hydrogens is 358 g/mol. The number of carbonyl (C=O) groups excluding carboxylic acids is 1. The van der Waals surface area contributed by atoms with Crippen LogP contribution in [0.25, 0.3) is 0 Å². The molecule has 0 unspecified atom stereocenters. The van der Waals surface area contributed by atoms with Crippen LogP contribution in [0.4, 0.5) is 16.2 Å². The molecule has 0 fully saturated rings. The normalized spacial score (nSPS) is 11.2. The summed E-state index contributed by atoms with van der Waals surface area (Å²) in [7, 11) is 0. The van der Waals surface area contributed by atoms with E-state index in [9.17, 15) is 25.0 Å². The molecule has 0 spiro atoms. The first-order valence-corrected chi connectivity index (χ1v) is 8.52. The van der Waals surface area contributed by atoms with Crippen LogP contribution in [-0.2, 0) is 4.74 Å². The molecule has 0 aromatic heterocycles. The highest BCUT2D eigenvalue weighted by atomic mass is 16.7. The SMILES string of the molecule is CC(C)CCCN(Oc1ccc([N+](=O)[O-])cc1[N+](=O)[O-])C(=O)OC(C)(C)C. The molecule has 0 N–H and O–H groups in total. The molecule has 1 aromatic carbocycles. The number of nitrogens with zero attached hydrogens (tertiary/aromatic N) is 3. The van der Waals surface area contributed by atoms with Gasteiger partial charge in [-0.2, -0.15) is 0 Å². The zero-order valence-electron chi connectivity index (χ0n) is 16.1. The lowest BCUT2D eigenvalue weighted by Gasteiger charge is -2.26. The van der Waals surface area contributed by atoms with Gasteiger partial charge in [-0.1, -0.05) is 13.8 Å². The topological polar surface area (TPSA) is 125 Å². The molecule has 0 atom stereocenters. The van der Waals surface area contributed by atoms with Crippen molar-refractivity contribution in [2.75, 3.05) is 6.54 Å². The van der Waals surface area contributed by atoms with Crippen molar-refractivity contribution >= 4 is 17.5 Å². The van der Waals surface area contributed by atoms with Crippen molar-refractivity contribution in [2.45, 2.75) is 53.1 Å². The van der Waals surface area contributed by atoms with Gasteiger partial charge in [-0.05, 0) is 45.6 Å². The lowest BCUT2D eigenvalue weighted by atomic mass is 10.1. The van der Waals surface area contributed by atoms with Crippen molar-refractivity contribution in [2.24, 2.45) is 5.92 Å². The number of ether oxygens (including phenoxy) is 1. The lowest BCUT2D eigenvalue weighted by Crippen LogP contribution is -2.39. The van der Waals surface area contributed by atoms with E-state index >= 15 is 0 Å². The third-order valence-corrected chi connectivity index (χ3v) is 3.30. The van der Waals surface area contributed by atoms with E-state index in [0.717, 1.165) is 29.7 Å². The zero-order chi connectivity index (χ0) is 20.8. The fourth-order valence-electron chi connectivity index (χ4n) is 2.09. The van der Waals surface area contributed by atoms with E-state index in [1.54, 1.807) is 20.8 Å². The van der Waals surface area contributed by atoms with Gasteiger partial charge in [-0.3, -0.25) is 20.2 Å². The monoisotopic (exact) mass is 383 g/mol. The molecule has 10 heteroatoms. The molecule has 27 heavy (non-hydrogen) atoms. The van der Waals surface area contributed by atoms with Gasteiger partial charge in [0.25, 0.3) is 5.69 Å². The average Bonchev–Trinajstić information content (AvgIpc) is 2.51. The highest BCUT2D eigenvalue weighted by molar-refractivity contribution is 5.67. The summed E-state index contributed by atoms with van der Waals surface area (Å²) < 4.78 is 5.28. The number of hydroxylamine groups is 2. The van der Waals surface area contributed by atoms with Crippen LogP contribution < -0.4 is 4.84 Å². The molecule has 1 rings (SSSR count). The van der Waals surface area contributed by atoms with Crippen LogP contribution in [0.3, 0.4) is 0 Å². The largest absolute Gasteiger partial charge is 0.443 e. The number of carbonyl (C=O) groups is 1. The number of amides is 1. The summed E-state index contributed by atoms with van der Waals surface area (Å²) in [5.74, 6) is 0.125. The fraction of sp³-hybridized carbons (Fsp3) is 0.588. The second-order valence-electron chi connectivity index (χ2n) is 7.38. The van der Waals surface area contributed by atoms with Crippen molar-refractivity contribution in [3.05, 3.63) is 38.4 Å². The van der Waals surface area contributed by atoms with Crippen molar-refractivity contribution in [3.63, 3.8) is 0 Å². The first kappa shape index (κ1) is 22.1. The molecule has 0 heterocycles. The molecular formula is C17H25N3O7. The Morgan fingerprint density at radius 2 is 1.81 bits per heavy atom. The van der Waals surface area contributed by atoms with Crippen LogP contribution in [-0.4, -0.2) is 33.1 Å². The van der Waals surface area contributed by atoms with E-state index in [0.29, 0.717) is 12.3 Å². The third kappa shape index (κ3) is 7.47. The highest BCUT2D eigenvalue weighted by Gasteiger charge is 2.28. The van der Waals surface area contributed by atoms with Gasteiger partial charge >= 0.3 is 11.8 Å². The molecule has 10 nitrogen and oxygen atoms in total. The summed E-state index contributed by atoms with van der Waals surface area (Å²) in [5, 5.41) is 23.0. The van der Waals surface area contributed by atoms with Crippen molar-refractivity contribution in [1.29, 1.82) is 0 Å². The molecule has 0 aliphatic rings. The fourth-order valence-corrected chi connectivity index (χ4v) is 2.09. The molecule has 1 amide bonds. The molecule has 0 bridgehead atoms. The molecule has 0 radical (unpaired) electrons. The Morgan fingerprint density at radius 1 is 1.19 bits per heavy atom. The van der Waals surface area contributed by atoms with Crippen molar-refractivity contribution in [3.8, 4) is 5.75 Å². The Kier molecular flexibility index (Phi) is 7.50. The van der Waals surface area contributed by atoms with Crippen LogP contribution in [0.1, 0.15) is 47.5 Å². The molecule has 0 aliphatic heterocycles. The molecule has 0 aliphatic carbocycles. The minimum absolute atomic E-state index is 0.154. The number of hydrogen-bond acceptors (Lipinski definition) is 7. The highest BCUT2D eigenvalue weighted by Crippen LogP contribution is 2.32. The van der Waals surface area contributed by atoms with Crippen LogP contribution >= 0.6 is 0 Å². The maximum absolute atomic E-state index is 12.4. The summed E-state index contributed by atoms with van der Waals surface area (Å²) in [4.78, 5) is 38.4. The van der Waals surface area contributed by atoms with Gasteiger partial charge in [0.1, 0.15) is 5.60 Å². The standard InChI is InChI=1S/C17H25N3O7/c1-12(2)7-6-10-18(16(21)26-17(3,4)5)27-15-9-8-13(19(22)23)11-14(15)20(24)25/h8-9,11-12H,6-7,10H2,1-5H3. The van der Waals surface area contributed by atoms with E-state index in [2.05, 4.69) is 0 Å². The Balaban J connectivity index is 3.10. The van der Waals surface area contributed by atoms with Gasteiger partial charge in [0.2, 0.25) is 5.75 Å². The predicted molar refractivity (Wildman–Crippen MR) is 97.4 cm³/mol. The van der Waals surface area contributed by atoms with Crippen LogP contribution in [0.5, 0.6) is 5.75 Å². The van der Waals surface area contributed by atoms with E-state index in [4.69, 9.17) is 9.57 Å². The average molecular weight is 383 g/mol. The number of nitro groups is 2. The van der Waals surface area contributed by atoms with Gasteiger partial charge in [-0.15, -0.1) is 5.06 Å². The third-order valence-electron chi connectivity index (χ3n) is 3.30. The Labute approximate surface area is 157 Å². The lowest BCUT2D eigenvalue weighted by molar-refractivity contribution is -0.395. The maximum Gasteiger partial charge on any atom is 0.443 e. The smallest absolute Gasteiger partial charge is 0.442 e. The van der Waals surface area contributed by atoms with Crippen LogP contribution in [0.2, 0.25) is 0 Å². The Morgan fingerprint density at radius 3 is 2.30 bits per heavy atom. The van der Waals surface area contributed by atoms with Gasteiger partial charge in [0, 0.05) is 6.07 Å². The van der Waals surface area contributed by atoms with Crippen LogP contribution in [0, 0.1) is 26.1 Å². The minimum atomic E-state index is -0.802. The van der Waals surface area contributed by atoms with E-state index < -0.39 is 32.9 Å².